The first-order chi connectivity index (χ1) is 12.3. The molecule has 4 rings (SSSR count). The Hall–Kier alpha value is -3.02. The van der Waals surface area contributed by atoms with Gasteiger partial charge >= 0.3 is 0 Å². The summed E-state index contributed by atoms with van der Waals surface area (Å²) in [6.45, 7) is 2.34. The van der Waals surface area contributed by atoms with Crippen molar-refractivity contribution in [3.05, 3.63) is 24.7 Å². The van der Waals surface area contributed by atoms with Crippen LogP contribution in [0.5, 0.6) is 0 Å². The summed E-state index contributed by atoms with van der Waals surface area (Å²) in [5, 5.41) is 22.4. The molecule has 0 N–H and O–H groups in total. The zero-order valence-corrected chi connectivity index (χ0v) is 14.1. The molecule has 1 saturated heterocycles. The minimum Gasteiger partial charge on any atom is -0.355 e. The lowest BCUT2D eigenvalue weighted by Crippen LogP contribution is -2.36. The second-order valence-electron chi connectivity index (χ2n) is 6.30. The average Bonchev–Trinajstić information content (AvgIpc) is 3.26. The van der Waals surface area contributed by atoms with Crippen LogP contribution >= 0.6 is 0 Å². The van der Waals surface area contributed by atoms with Crippen molar-refractivity contribution in [2.75, 3.05) is 18.0 Å². The number of hydrogen-bond acceptors (Lipinski definition) is 7. The molecule has 0 unspecified atom stereocenters. The predicted octanol–water partition coefficient (Wildman–Crippen LogP) is 1.25. The second-order valence-corrected chi connectivity index (χ2v) is 6.30. The fourth-order valence-corrected chi connectivity index (χ4v) is 3.49. The first-order valence-corrected chi connectivity index (χ1v) is 8.40. The number of nitriles is 1. The Labute approximate surface area is 144 Å². The van der Waals surface area contributed by atoms with Crippen molar-refractivity contribution in [2.45, 2.75) is 31.7 Å². The van der Waals surface area contributed by atoms with Crippen molar-refractivity contribution in [3.8, 4) is 6.07 Å². The third-order valence-electron chi connectivity index (χ3n) is 4.68. The lowest BCUT2D eigenvalue weighted by atomic mass is 9.97. The SMILES string of the molecule is Cn1cnnc1[C@H]1CCCN(c2ncnc3c2cnn3CCC#N)C1. The van der Waals surface area contributed by atoms with E-state index in [1.54, 1.807) is 23.5 Å². The average molecular weight is 337 g/mol. The molecule has 1 aliphatic heterocycles. The molecule has 1 atom stereocenters. The maximum atomic E-state index is 8.79. The smallest absolute Gasteiger partial charge is 0.163 e. The molecule has 1 fully saturated rings. The molecular weight excluding hydrogens is 318 g/mol. The summed E-state index contributed by atoms with van der Waals surface area (Å²) in [5.74, 6) is 2.25. The van der Waals surface area contributed by atoms with E-state index in [9.17, 15) is 0 Å². The first kappa shape index (κ1) is 15.5. The molecule has 128 valence electrons. The topological polar surface area (TPSA) is 101 Å². The third-order valence-corrected chi connectivity index (χ3v) is 4.68. The van der Waals surface area contributed by atoms with Crippen LogP contribution in [0.25, 0.3) is 11.0 Å². The Morgan fingerprint density at radius 2 is 2.28 bits per heavy atom. The summed E-state index contributed by atoms with van der Waals surface area (Å²) >= 11 is 0. The molecule has 0 spiro atoms. The summed E-state index contributed by atoms with van der Waals surface area (Å²) in [4.78, 5) is 11.2. The Balaban J connectivity index is 1.64. The Morgan fingerprint density at radius 1 is 1.36 bits per heavy atom. The van der Waals surface area contributed by atoms with Gasteiger partial charge < -0.3 is 9.47 Å². The van der Waals surface area contributed by atoms with Crippen LogP contribution in [-0.2, 0) is 13.6 Å². The highest BCUT2D eigenvalue weighted by Gasteiger charge is 2.27. The van der Waals surface area contributed by atoms with Crippen molar-refractivity contribution in [1.29, 1.82) is 5.26 Å². The van der Waals surface area contributed by atoms with E-state index in [4.69, 9.17) is 5.26 Å². The number of hydrogen-bond donors (Lipinski definition) is 0. The van der Waals surface area contributed by atoms with Gasteiger partial charge in [-0.3, -0.25) is 0 Å². The molecule has 3 aromatic rings. The molecule has 0 radical (unpaired) electrons. The monoisotopic (exact) mass is 337 g/mol. The van der Waals surface area contributed by atoms with Gasteiger partial charge in [-0.15, -0.1) is 10.2 Å². The van der Waals surface area contributed by atoms with Crippen LogP contribution in [0.4, 0.5) is 5.82 Å². The van der Waals surface area contributed by atoms with Crippen LogP contribution in [0, 0.1) is 11.3 Å². The highest BCUT2D eigenvalue weighted by atomic mass is 15.3. The molecule has 0 saturated carbocycles. The van der Waals surface area contributed by atoms with Crippen molar-refractivity contribution in [2.24, 2.45) is 7.05 Å². The molecule has 1 aliphatic rings. The van der Waals surface area contributed by atoms with Gasteiger partial charge in [0.05, 0.1) is 30.6 Å². The zero-order chi connectivity index (χ0) is 17.2. The van der Waals surface area contributed by atoms with Gasteiger partial charge in [0.15, 0.2) is 5.65 Å². The van der Waals surface area contributed by atoms with Gasteiger partial charge in [0, 0.05) is 26.1 Å². The summed E-state index contributed by atoms with van der Waals surface area (Å²) < 4.78 is 3.76. The number of aromatic nitrogens is 7. The lowest BCUT2D eigenvalue weighted by Gasteiger charge is -2.33. The van der Waals surface area contributed by atoms with Gasteiger partial charge in [0.25, 0.3) is 0 Å². The number of piperidine rings is 1. The maximum Gasteiger partial charge on any atom is 0.163 e. The number of anilines is 1. The molecule has 25 heavy (non-hydrogen) atoms. The van der Waals surface area contributed by atoms with E-state index >= 15 is 0 Å². The molecule has 9 nitrogen and oxygen atoms in total. The van der Waals surface area contributed by atoms with E-state index in [0.29, 0.717) is 18.9 Å². The quantitative estimate of drug-likeness (QED) is 0.706. The van der Waals surface area contributed by atoms with Crippen LogP contribution in [0.1, 0.15) is 31.0 Å². The number of fused-ring (bicyclic) bond motifs is 1. The van der Waals surface area contributed by atoms with E-state index in [1.165, 1.54) is 0 Å². The highest BCUT2D eigenvalue weighted by Crippen LogP contribution is 2.30. The fraction of sp³-hybridized carbons (Fsp3) is 0.500. The fourth-order valence-electron chi connectivity index (χ4n) is 3.49. The molecular formula is C16H19N9. The molecule has 0 bridgehead atoms. The first-order valence-electron chi connectivity index (χ1n) is 8.40. The number of nitrogens with zero attached hydrogens (tertiary/aromatic N) is 9. The van der Waals surface area contributed by atoms with Gasteiger partial charge in [0.1, 0.15) is 24.3 Å². The van der Waals surface area contributed by atoms with Gasteiger partial charge in [-0.25, -0.2) is 14.6 Å². The normalized spacial score (nSPS) is 17.8. The molecule has 0 aliphatic carbocycles. The highest BCUT2D eigenvalue weighted by molar-refractivity contribution is 5.86. The third kappa shape index (κ3) is 2.80. The van der Waals surface area contributed by atoms with E-state index in [1.807, 2.05) is 11.6 Å². The van der Waals surface area contributed by atoms with Gasteiger partial charge in [0.2, 0.25) is 0 Å². The number of aryl methyl sites for hydroxylation is 2. The minimum atomic E-state index is 0.333. The summed E-state index contributed by atoms with van der Waals surface area (Å²) in [5.41, 5.74) is 0.779. The molecule has 9 heteroatoms. The standard InChI is InChI=1S/C16H19N9/c1-23-11-20-22-14(23)12-4-2-6-24(9-12)15-13-8-21-25(7-3-5-17)16(13)19-10-18-15/h8,10-12H,2-4,6-7,9H2,1H3/t12-/m0/s1. The van der Waals surface area contributed by atoms with Gasteiger partial charge in [-0.1, -0.05) is 0 Å². The van der Waals surface area contributed by atoms with Crippen LogP contribution in [0.15, 0.2) is 18.9 Å². The van der Waals surface area contributed by atoms with E-state index in [2.05, 4.69) is 36.2 Å². The summed E-state index contributed by atoms with van der Waals surface area (Å²) in [7, 11) is 1.98. The zero-order valence-electron chi connectivity index (χ0n) is 14.1. The maximum absolute atomic E-state index is 8.79. The molecule has 4 heterocycles. The molecule has 0 aromatic carbocycles. The van der Waals surface area contributed by atoms with Crippen LogP contribution in [0.2, 0.25) is 0 Å². The van der Waals surface area contributed by atoms with E-state index in [-0.39, 0.29) is 0 Å². The largest absolute Gasteiger partial charge is 0.355 e. The predicted molar refractivity (Wildman–Crippen MR) is 90.7 cm³/mol. The van der Waals surface area contributed by atoms with E-state index in [0.717, 1.165) is 48.6 Å². The second kappa shape index (κ2) is 6.47. The lowest BCUT2D eigenvalue weighted by molar-refractivity contribution is 0.478. The van der Waals surface area contributed by atoms with Crippen LogP contribution in [-0.4, -0.2) is 47.6 Å². The molecule has 3 aromatic heterocycles. The van der Waals surface area contributed by atoms with Crippen molar-refractivity contribution >= 4 is 16.9 Å². The van der Waals surface area contributed by atoms with Crippen LogP contribution < -0.4 is 4.90 Å². The minimum absolute atomic E-state index is 0.333. The van der Waals surface area contributed by atoms with Gasteiger partial charge in [-0.05, 0) is 12.8 Å². The van der Waals surface area contributed by atoms with Crippen molar-refractivity contribution in [1.82, 2.24) is 34.5 Å². The van der Waals surface area contributed by atoms with Gasteiger partial charge in [-0.2, -0.15) is 10.4 Å². The van der Waals surface area contributed by atoms with Crippen molar-refractivity contribution in [3.63, 3.8) is 0 Å². The van der Waals surface area contributed by atoms with Crippen LogP contribution in [0.3, 0.4) is 0 Å². The van der Waals surface area contributed by atoms with E-state index < -0.39 is 0 Å². The number of rotatable bonds is 4. The van der Waals surface area contributed by atoms with Crippen molar-refractivity contribution < 1.29 is 0 Å². The summed E-state index contributed by atoms with van der Waals surface area (Å²) in [6, 6.07) is 2.15. The Kier molecular flexibility index (Phi) is 4.01. The Morgan fingerprint density at radius 3 is 3.08 bits per heavy atom. The Bertz CT molecular complexity index is 919. The molecule has 0 amide bonds. The summed E-state index contributed by atoms with van der Waals surface area (Å²) in [6.07, 6.45) is 7.71.